The smallest absolute Gasteiger partial charge is 0.344 e. The maximum Gasteiger partial charge on any atom is 0.435 e. The van der Waals surface area contributed by atoms with Crippen molar-refractivity contribution in [3.05, 3.63) is 42.6 Å². The Morgan fingerprint density at radius 3 is 2.73 bits per heavy atom. The number of aromatic nitrogens is 6. The summed E-state index contributed by atoms with van der Waals surface area (Å²) in [6.07, 6.45) is 1.21. The first-order chi connectivity index (χ1) is 14.2. The van der Waals surface area contributed by atoms with Crippen LogP contribution in [0.3, 0.4) is 0 Å². The highest BCUT2D eigenvalue weighted by atomic mass is 32.1. The topological polar surface area (TPSA) is 101 Å². The molecule has 0 atom stereocenters. The van der Waals surface area contributed by atoms with Crippen molar-refractivity contribution in [3.63, 3.8) is 0 Å². The van der Waals surface area contributed by atoms with Gasteiger partial charge in [0.05, 0.1) is 16.1 Å². The highest BCUT2D eigenvalue weighted by molar-refractivity contribution is 7.18. The van der Waals surface area contributed by atoms with Crippen LogP contribution in [-0.4, -0.2) is 35.6 Å². The molecule has 4 aromatic heterocycles. The average Bonchev–Trinajstić information content (AvgIpc) is 3.39. The van der Waals surface area contributed by atoms with E-state index in [9.17, 15) is 18.0 Å². The normalized spacial score (nSPS) is 11.6. The number of aryl methyl sites for hydroxylation is 1. The van der Waals surface area contributed by atoms with Gasteiger partial charge in [-0.2, -0.15) is 18.3 Å². The van der Waals surface area contributed by atoms with Crippen LogP contribution in [0.15, 0.2) is 36.9 Å². The predicted molar refractivity (Wildman–Crippen MR) is 104 cm³/mol. The minimum absolute atomic E-state index is 0.114. The lowest BCUT2D eigenvalue weighted by atomic mass is 10.1. The van der Waals surface area contributed by atoms with Crippen LogP contribution in [0.2, 0.25) is 0 Å². The number of carbonyl (C=O) groups is 1. The van der Waals surface area contributed by atoms with Gasteiger partial charge >= 0.3 is 6.18 Å². The summed E-state index contributed by atoms with van der Waals surface area (Å²) in [6.45, 7) is 1.35. The SMILES string of the molecule is CC(=O)Nc1cc(-c2nc(-c3cn(C)nc3C(F)(F)F)c(-c3ncc[nH]3)s2)ccn1. The first-order valence-electron chi connectivity index (χ1n) is 8.58. The van der Waals surface area contributed by atoms with Crippen LogP contribution in [0, 0.1) is 0 Å². The van der Waals surface area contributed by atoms with Gasteiger partial charge in [0.15, 0.2) is 5.69 Å². The van der Waals surface area contributed by atoms with Crippen molar-refractivity contribution in [2.45, 2.75) is 13.1 Å². The van der Waals surface area contributed by atoms with Gasteiger partial charge in [0.2, 0.25) is 5.91 Å². The zero-order chi connectivity index (χ0) is 21.5. The second-order valence-corrected chi connectivity index (χ2v) is 7.31. The number of carbonyl (C=O) groups excluding carboxylic acids is 1. The lowest BCUT2D eigenvalue weighted by Gasteiger charge is -2.05. The molecule has 0 fully saturated rings. The van der Waals surface area contributed by atoms with E-state index in [2.05, 4.69) is 30.4 Å². The number of hydrogen-bond donors (Lipinski definition) is 2. The van der Waals surface area contributed by atoms with Crippen molar-refractivity contribution in [2.24, 2.45) is 7.05 Å². The van der Waals surface area contributed by atoms with Gasteiger partial charge in [0, 0.05) is 44.3 Å². The summed E-state index contributed by atoms with van der Waals surface area (Å²) in [7, 11) is 1.42. The Balaban J connectivity index is 1.89. The number of aromatic amines is 1. The number of hydrogen-bond acceptors (Lipinski definition) is 6. The van der Waals surface area contributed by atoms with E-state index in [4.69, 9.17) is 0 Å². The van der Waals surface area contributed by atoms with Crippen molar-refractivity contribution in [3.8, 4) is 32.5 Å². The number of imidazole rings is 1. The van der Waals surface area contributed by atoms with E-state index in [1.54, 1.807) is 18.3 Å². The average molecular weight is 433 g/mol. The van der Waals surface area contributed by atoms with Crippen molar-refractivity contribution in [1.29, 1.82) is 0 Å². The highest BCUT2D eigenvalue weighted by Gasteiger charge is 2.39. The van der Waals surface area contributed by atoms with Gasteiger partial charge in [-0.1, -0.05) is 0 Å². The molecule has 4 rings (SSSR count). The summed E-state index contributed by atoms with van der Waals surface area (Å²) in [5.74, 6) is 0.413. The second-order valence-electron chi connectivity index (χ2n) is 6.31. The van der Waals surface area contributed by atoms with Crippen molar-refractivity contribution in [1.82, 2.24) is 29.7 Å². The standard InChI is InChI=1S/C18H14F3N7OS/c1-9(29)25-12-7-10(3-4-22-12)17-26-13(14(30-17)16-23-5-6-24-16)11-8-28(2)27-15(11)18(19,20)21/h3-8H,1-2H3,(H,23,24)(H,22,25,29). The van der Waals surface area contributed by atoms with Crippen LogP contribution < -0.4 is 5.32 Å². The molecule has 0 radical (unpaired) electrons. The number of nitrogens with one attached hydrogen (secondary N) is 2. The number of rotatable bonds is 4. The van der Waals surface area contributed by atoms with Crippen molar-refractivity contribution < 1.29 is 18.0 Å². The third-order valence-electron chi connectivity index (χ3n) is 4.00. The fourth-order valence-electron chi connectivity index (χ4n) is 2.86. The molecule has 1 amide bonds. The van der Waals surface area contributed by atoms with Gasteiger partial charge in [0.1, 0.15) is 16.6 Å². The molecule has 0 saturated carbocycles. The number of nitrogens with zero attached hydrogens (tertiary/aromatic N) is 5. The van der Waals surface area contributed by atoms with Crippen LogP contribution in [0.25, 0.3) is 32.5 Å². The molecule has 4 heterocycles. The molecule has 0 spiro atoms. The maximum absolute atomic E-state index is 13.6. The van der Waals surface area contributed by atoms with E-state index < -0.39 is 11.9 Å². The summed E-state index contributed by atoms with van der Waals surface area (Å²) in [4.78, 5) is 27.4. The highest BCUT2D eigenvalue weighted by Crippen LogP contribution is 2.43. The molecule has 12 heteroatoms. The minimum Gasteiger partial charge on any atom is -0.344 e. The molecule has 0 aromatic carbocycles. The molecule has 30 heavy (non-hydrogen) atoms. The summed E-state index contributed by atoms with van der Waals surface area (Å²) in [5.41, 5.74) is -0.461. The number of halogens is 3. The van der Waals surface area contributed by atoms with Crippen LogP contribution in [-0.2, 0) is 18.0 Å². The molecule has 0 unspecified atom stereocenters. The van der Waals surface area contributed by atoms with Crippen LogP contribution in [0.5, 0.6) is 0 Å². The minimum atomic E-state index is -4.64. The lowest BCUT2D eigenvalue weighted by Crippen LogP contribution is -2.08. The predicted octanol–water partition coefficient (Wildman–Crippen LogP) is 3.97. The third kappa shape index (κ3) is 3.81. The molecule has 4 aromatic rings. The Kier molecular flexibility index (Phi) is 4.86. The maximum atomic E-state index is 13.6. The monoisotopic (exact) mass is 433 g/mol. The molecule has 0 aliphatic rings. The Bertz CT molecular complexity index is 1210. The summed E-state index contributed by atoms with van der Waals surface area (Å²) < 4.78 is 41.8. The Labute approximate surface area is 171 Å². The fourth-order valence-corrected chi connectivity index (χ4v) is 3.90. The zero-order valence-corrected chi connectivity index (χ0v) is 16.5. The molecular weight excluding hydrogens is 419 g/mol. The van der Waals surface area contributed by atoms with Gasteiger partial charge < -0.3 is 10.3 Å². The van der Waals surface area contributed by atoms with Gasteiger partial charge in [-0.25, -0.2) is 15.0 Å². The Hall–Kier alpha value is -3.54. The fraction of sp³-hybridized carbons (Fsp3) is 0.167. The van der Waals surface area contributed by atoms with E-state index >= 15 is 0 Å². The van der Waals surface area contributed by atoms with E-state index in [0.29, 0.717) is 27.1 Å². The van der Waals surface area contributed by atoms with Crippen LogP contribution in [0.4, 0.5) is 19.0 Å². The summed E-state index contributed by atoms with van der Waals surface area (Å²) >= 11 is 1.17. The van der Waals surface area contributed by atoms with Gasteiger partial charge in [-0.3, -0.25) is 9.48 Å². The molecule has 0 bridgehead atoms. The summed E-state index contributed by atoms with van der Waals surface area (Å²) in [6, 6.07) is 3.26. The number of alkyl halides is 3. The van der Waals surface area contributed by atoms with Gasteiger partial charge in [-0.15, -0.1) is 11.3 Å². The van der Waals surface area contributed by atoms with Crippen LogP contribution in [0.1, 0.15) is 12.6 Å². The Morgan fingerprint density at radius 1 is 1.27 bits per heavy atom. The molecule has 0 aliphatic carbocycles. The molecule has 8 nitrogen and oxygen atoms in total. The first kappa shape index (κ1) is 19.8. The zero-order valence-electron chi connectivity index (χ0n) is 15.7. The lowest BCUT2D eigenvalue weighted by molar-refractivity contribution is -0.141. The number of H-pyrrole nitrogens is 1. The van der Waals surface area contributed by atoms with E-state index in [-0.39, 0.29) is 17.2 Å². The number of thiazole rings is 1. The molecule has 0 saturated heterocycles. The number of pyridine rings is 1. The number of anilines is 1. The first-order valence-corrected chi connectivity index (χ1v) is 9.40. The number of amides is 1. The van der Waals surface area contributed by atoms with E-state index in [0.717, 1.165) is 4.68 Å². The quantitative estimate of drug-likeness (QED) is 0.507. The molecule has 0 aliphatic heterocycles. The Morgan fingerprint density at radius 2 is 2.07 bits per heavy atom. The largest absolute Gasteiger partial charge is 0.435 e. The second kappa shape index (κ2) is 7.37. The molecule has 2 N–H and O–H groups in total. The molecule has 154 valence electrons. The van der Waals surface area contributed by atoms with Crippen LogP contribution >= 0.6 is 11.3 Å². The third-order valence-corrected chi connectivity index (χ3v) is 5.12. The summed E-state index contributed by atoms with van der Waals surface area (Å²) in [5, 5.41) is 6.60. The van der Waals surface area contributed by atoms with E-state index in [1.807, 2.05) is 0 Å². The van der Waals surface area contributed by atoms with Crippen molar-refractivity contribution >= 4 is 23.1 Å². The van der Waals surface area contributed by atoms with Gasteiger partial charge in [0.25, 0.3) is 0 Å². The van der Waals surface area contributed by atoms with Gasteiger partial charge in [-0.05, 0) is 12.1 Å². The van der Waals surface area contributed by atoms with Crippen molar-refractivity contribution in [2.75, 3.05) is 5.32 Å². The molecular formula is C18H14F3N7OS. The van der Waals surface area contributed by atoms with E-state index in [1.165, 1.54) is 43.9 Å².